The molecule has 2 aromatic rings. The number of esters is 1. The second-order valence-corrected chi connectivity index (χ2v) is 3.59. The van der Waals surface area contributed by atoms with Gasteiger partial charge in [-0.2, -0.15) is 0 Å². The molecule has 0 N–H and O–H groups in total. The number of carbonyl (C=O) groups excluding carboxylic acids is 1. The van der Waals surface area contributed by atoms with Crippen molar-refractivity contribution in [3.8, 4) is 5.75 Å². The second-order valence-electron chi connectivity index (χ2n) is 3.59. The molecule has 0 amide bonds. The predicted octanol–water partition coefficient (Wildman–Crippen LogP) is 3.04. The van der Waals surface area contributed by atoms with Gasteiger partial charge in [-0.25, -0.2) is 4.79 Å². The molecule has 1 heterocycles. The molecule has 0 spiro atoms. The summed E-state index contributed by atoms with van der Waals surface area (Å²) in [5, 5.41) is 0. The van der Waals surface area contributed by atoms with Crippen LogP contribution in [0.25, 0.3) is 0 Å². The fraction of sp³-hybridized carbons (Fsp3) is 0.214. The summed E-state index contributed by atoms with van der Waals surface area (Å²) in [4.78, 5) is 11.4. The Kier molecular flexibility index (Phi) is 4.02. The van der Waals surface area contributed by atoms with E-state index in [4.69, 9.17) is 13.9 Å². The van der Waals surface area contributed by atoms with Gasteiger partial charge in [0.15, 0.2) is 0 Å². The Bertz CT molecular complexity index is 502. The van der Waals surface area contributed by atoms with Crippen LogP contribution in [0.15, 0.2) is 46.9 Å². The maximum atomic E-state index is 11.4. The van der Waals surface area contributed by atoms with Crippen molar-refractivity contribution in [3.63, 3.8) is 0 Å². The Morgan fingerprint density at radius 2 is 1.94 bits per heavy atom. The number of furan rings is 1. The molecule has 0 radical (unpaired) electrons. The second kappa shape index (κ2) is 5.91. The molecule has 4 heteroatoms. The van der Waals surface area contributed by atoms with Crippen LogP contribution in [-0.2, 0) is 11.3 Å². The van der Waals surface area contributed by atoms with E-state index in [0.29, 0.717) is 12.4 Å². The molecule has 94 valence electrons. The maximum absolute atomic E-state index is 11.4. The van der Waals surface area contributed by atoms with Crippen LogP contribution in [0, 0.1) is 0 Å². The Morgan fingerprint density at radius 3 is 2.67 bits per heavy atom. The zero-order valence-corrected chi connectivity index (χ0v) is 10.1. The van der Waals surface area contributed by atoms with Gasteiger partial charge >= 0.3 is 5.97 Å². The number of hydrogen-bond acceptors (Lipinski definition) is 4. The lowest BCUT2D eigenvalue weighted by Crippen LogP contribution is -2.02. The van der Waals surface area contributed by atoms with E-state index in [2.05, 4.69) is 0 Å². The zero-order valence-electron chi connectivity index (χ0n) is 10.1. The number of rotatable bonds is 5. The maximum Gasteiger partial charge on any atom is 0.374 e. The molecule has 0 saturated heterocycles. The van der Waals surface area contributed by atoms with Crippen LogP contribution >= 0.6 is 0 Å². The van der Waals surface area contributed by atoms with Crippen molar-refractivity contribution < 1.29 is 18.7 Å². The lowest BCUT2D eigenvalue weighted by Gasteiger charge is -2.03. The molecule has 1 aromatic heterocycles. The molecular weight excluding hydrogens is 232 g/mol. The highest BCUT2D eigenvalue weighted by molar-refractivity contribution is 5.86. The molecule has 0 unspecified atom stereocenters. The topological polar surface area (TPSA) is 48.7 Å². The van der Waals surface area contributed by atoms with E-state index < -0.39 is 5.97 Å². The molecule has 0 bridgehead atoms. The van der Waals surface area contributed by atoms with Gasteiger partial charge in [-0.3, -0.25) is 0 Å². The monoisotopic (exact) mass is 246 g/mol. The number of benzene rings is 1. The van der Waals surface area contributed by atoms with E-state index in [1.807, 2.05) is 30.3 Å². The first kappa shape index (κ1) is 12.2. The lowest BCUT2D eigenvalue weighted by molar-refractivity contribution is 0.0486. The van der Waals surface area contributed by atoms with Crippen molar-refractivity contribution in [1.29, 1.82) is 0 Å². The minimum absolute atomic E-state index is 0.198. The van der Waals surface area contributed by atoms with Crippen LogP contribution in [0.3, 0.4) is 0 Å². The molecule has 0 aliphatic rings. The fourth-order valence-corrected chi connectivity index (χ4v) is 1.44. The first-order chi connectivity index (χ1) is 8.79. The molecule has 0 saturated carbocycles. The molecule has 0 fully saturated rings. The van der Waals surface area contributed by atoms with Gasteiger partial charge in [0.2, 0.25) is 5.76 Å². The van der Waals surface area contributed by atoms with E-state index in [0.717, 1.165) is 5.75 Å². The smallest absolute Gasteiger partial charge is 0.374 e. The summed E-state index contributed by atoms with van der Waals surface area (Å²) < 4.78 is 15.6. The van der Waals surface area contributed by atoms with Gasteiger partial charge in [0, 0.05) is 0 Å². The highest BCUT2D eigenvalue weighted by Gasteiger charge is 2.11. The fourth-order valence-electron chi connectivity index (χ4n) is 1.44. The standard InChI is InChI=1S/C14H14O4/c1-2-16-14(15)13-9-8-12(18-13)10-17-11-6-4-3-5-7-11/h3-9H,2,10H2,1H3. The first-order valence-corrected chi connectivity index (χ1v) is 5.73. The van der Waals surface area contributed by atoms with E-state index in [-0.39, 0.29) is 12.4 Å². The Labute approximate surface area is 105 Å². The minimum Gasteiger partial charge on any atom is -0.486 e. The van der Waals surface area contributed by atoms with Crippen LogP contribution < -0.4 is 4.74 Å². The summed E-state index contributed by atoms with van der Waals surface area (Å²) in [6, 6.07) is 12.7. The third-order valence-electron chi connectivity index (χ3n) is 2.26. The molecular formula is C14H14O4. The van der Waals surface area contributed by atoms with Gasteiger partial charge in [-0.1, -0.05) is 18.2 Å². The number of para-hydroxylation sites is 1. The van der Waals surface area contributed by atoms with Crippen molar-refractivity contribution in [2.24, 2.45) is 0 Å². The summed E-state index contributed by atoms with van der Waals surface area (Å²) in [6.45, 7) is 2.36. The van der Waals surface area contributed by atoms with Crippen molar-refractivity contribution >= 4 is 5.97 Å². The minimum atomic E-state index is -0.455. The van der Waals surface area contributed by atoms with E-state index >= 15 is 0 Å². The van der Waals surface area contributed by atoms with E-state index in [9.17, 15) is 4.79 Å². The van der Waals surface area contributed by atoms with Crippen molar-refractivity contribution in [3.05, 3.63) is 54.0 Å². The van der Waals surface area contributed by atoms with Crippen LogP contribution in [-0.4, -0.2) is 12.6 Å². The molecule has 1 aromatic carbocycles. The summed E-state index contributed by atoms with van der Waals surface area (Å²) in [6.07, 6.45) is 0. The first-order valence-electron chi connectivity index (χ1n) is 5.73. The molecule has 18 heavy (non-hydrogen) atoms. The number of ether oxygens (including phenoxy) is 2. The summed E-state index contributed by atoms with van der Waals surface area (Å²) >= 11 is 0. The Balaban J connectivity index is 1.93. The largest absolute Gasteiger partial charge is 0.486 e. The summed E-state index contributed by atoms with van der Waals surface area (Å²) in [7, 11) is 0. The van der Waals surface area contributed by atoms with Gasteiger partial charge in [-0.15, -0.1) is 0 Å². The lowest BCUT2D eigenvalue weighted by atomic mass is 10.3. The number of hydrogen-bond donors (Lipinski definition) is 0. The quantitative estimate of drug-likeness (QED) is 0.761. The number of carbonyl (C=O) groups is 1. The Morgan fingerprint density at radius 1 is 1.17 bits per heavy atom. The average molecular weight is 246 g/mol. The van der Waals surface area contributed by atoms with Crippen molar-refractivity contribution in [1.82, 2.24) is 0 Å². The highest BCUT2D eigenvalue weighted by atomic mass is 16.5. The van der Waals surface area contributed by atoms with Gasteiger partial charge in [-0.05, 0) is 31.2 Å². The SMILES string of the molecule is CCOC(=O)c1ccc(COc2ccccc2)o1. The van der Waals surface area contributed by atoms with E-state index in [1.165, 1.54) is 0 Å². The highest BCUT2D eigenvalue weighted by Crippen LogP contribution is 2.14. The van der Waals surface area contributed by atoms with Gasteiger partial charge in [0.05, 0.1) is 6.61 Å². The van der Waals surface area contributed by atoms with E-state index in [1.54, 1.807) is 19.1 Å². The van der Waals surface area contributed by atoms with Crippen LogP contribution in [0.4, 0.5) is 0 Å². The molecule has 2 rings (SSSR count). The van der Waals surface area contributed by atoms with Gasteiger partial charge in [0.1, 0.15) is 18.1 Å². The third-order valence-corrected chi connectivity index (χ3v) is 2.26. The molecule has 0 aliphatic heterocycles. The van der Waals surface area contributed by atoms with Crippen molar-refractivity contribution in [2.75, 3.05) is 6.61 Å². The summed E-state index contributed by atoms with van der Waals surface area (Å²) in [5.74, 6) is 1.08. The molecule has 0 aliphatic carbocycles. The molecule has 0 atom stereocenters. The van der Waals surface area contributed by atoms with Crippen LogP contribution in [0.5, 0.6) is 5.75 Å². The zero-order chi connectivity index (χ0) is 12.8. The normalized spacial score (nSPS) is 10.1. The third kappa shape index (κ3) is 3.13. The predicted molar refractivity (Wildman–Crippen MR) is 65.4 cm³/mol. The Hall–Kier alpha value is -2.23. The van der Waals surface area contributed by atoms with Crippen molar-refractivity contribution in [2.45, 2.75) is 13.5 Å². The average Bonchev–Trinajstić information content (AvgIpc) is 2.87. The summed E-state index contributed by atoms with van der Waals surface area (Å²) in [5.41, 5.74) is 0. The van der Waals surface area contributed by atoms with Gasteiger partial charge in [0.25, 0.3) is 0 Å². The van der Waals surface area contributed by atoms with Crippen LogP contribution in [0.2, 0.25) is 0 Å². The molecule has 4 nitrogen and oxygen atoms in total. The van der Waals surface area contributed by atoms with Crippen LogP contribution in [0.1, 0.15) is 23.2 Å². The van der Waals surface area contributed by atoms with Gasteiger partial charge < -0.3 is 13.9 Å².